The first-order valence-electron chi connectivity index (χ1n) is 15.0. The van der Waals surface area contributed by atoms with Gasteiger partial charge in [0.05, 0.1) is 42.9 Å². The lowest BCUT2D eigenvalue weighted by Gasteiger charge is -2.41. The van der Waals surface area contributed by atoms with E-state index < -0.39 is 5.41 Å². The number of rotatable bonds is 3. The SMILES string of the molecule is COc1ccc(N2CCOCC2)cc1C(=O)N1CCC2(CCCCNC(=O)c3ccccc3OC[C@@H](C)NC2=O)CC1. The normalized spacial score (nSPS) is 21.8. The van der Waals surface area contributed by atoms with Crippen LogP contribution in [0.4, 0.5) is 5.69 Å². The van der Waals surface area contributed by atoms with Gasteiger partial charge in [-0.3, -0.25) is 14.4 Å². The lowest BCUT2D eigenvalue weighted by molar-refractivity contribution is -0.135. The first kappa shape index (κ1) is 29.7. The van der Waals surface area contributed by atoms with E-state index >= 15 is 0 Å². The average molecular weight is 579 g/mol. The molecule has 3 aliphatic heterocycles. The van der Waals surface area contributed by atoms with E-state index in [-0.39, 0.29) is 30.4 Å². The number of benzene rings is 2. The van der Waals surface area contributed by atoms with Crippen LogP contribution in [0.2, 0.25) is 0 Å². The van der Waals surface area contributed by atoms with E-state index in [1.165, 1.54) is 0 Å². The molecule has 10 nitrogen and oxygen atoms in total. The molecule has 1 atom stereocenters. The number of likely N-dealkylation sites (tertiary alicyclic amines) is 1. The molecule has 1 spiro atoms. The van der Waals surface area contributed by atoms with Crippen LogP contribution in [0.25, 0.3) is 0 Å². The van der Waals surface area contributed by atoms with Gasteiger partial charge in [0.15, 0.2) is 0 Å². The summed E-state index contributed by atoms with van der Waals surface area (Å²) in [5.74, 6) is 0.815. The minimum atomic E-state index is -0.586. The quantitative estimate of drug-likeness (QED) is 0.576. The maximum Gasteiger partial charge on any atom is 0.257 e. The fourth-order valence-corrected chi connectivity index (χ4v) is 6.08. The fraction of sp³-hybridized carbons (Fsp3) is 0.531. The number of amides is 3. The molecule has 5 rings (SSSR count). The van der Waals surface area contributed by atoms with Crippen LogP contribution in [0.15, 0.2) is 42.5 Å². The maximum atomic E-state index is 13.8. The molecule has 42 heavy (non-hydrogen) atoms. The van der Waals surface area contributed by atoms with E-state index in [0.29, 0.717) is 74.7 Å². The standard InChI is InChI=1S/C32H42N4O6/c1-23-22-42-28-8-4-3-7-25(28)29(37)33-14-6-5-11-32(31(39)34-23)12-15-36(16-13-32)30(38)26-21-24(9-10-27(26)40-2)35-17-19-41-20-18-35/h3-4,7-10,21,23H,5-6,11-20,22H2,1-2H3,(H,33,37)(H,34,39)/t23-/m1/s1. The van der Waals surface area contributed by atoms with Crippen molar-refractivity contribution < 1.29 is 28.6 Å². The van der Waals surface area contributed by atoms with Crippen LogP contribution in [0.5, 0.6) is 11.5 Å². The molecule has 0 aromatic heterocycles. The highest BCUT2D eigenvalue weighted by molar-refractivity contribution is 5.98. The van der Waals surface area contributed by atoms with Crippen LogP contribution >= 0.6 is 0 Å². The summed E-state index contributed by atoms with van der Waals surface area (Å²) in [6, 6.07) is 12.7. The van der Waals surface area contributed by atoms with Gasteiger partial charge in [0.1, 0.15) is 18.1 Å². The molecule has 226 valence electrons. The number of carbonyl (C=O) groups excluding carboxylic acids is 3. The second kappa shape index (κ2) is 13.5. The van der Waals surface area contributed by atoms with Crippen molar-refractivity contribution in [1.29, 1.82) is 0 Å². The second-order valence-corrected chi connectivity index (χ2v) is 11.5. The van der Waals surface area contributed by atoms with Gasteiger partial charge in [-0.1, -0.05) is 18.6 Å². The number of piperidine rings is 1. The Morgan fingerprint density at radius 1 is 1.00 bits per heavy atom. The van der Waals surface area contributed by atoms with Gasteiger partial charge in [-0.15, -0.1) is 0 Å². The first-order chi connectivity index (χ1) is 20.4. The molecule has 0 bridgehead atoms. The third-order valence-electron chi connectivity index (χ3n) is 8.64. The van der Waals surface area contributed by atoms with E-state index in [1.807, 2.05) is 42.2 Å². The lowest BCUT2D eigenvalue weighted by Crippen LogP contribution is -2.52. The van der Waals surface area contributed by atoms with Gasteiger partial charge in [-0.2, -0.15) is 0 Å². The van der Waals surface area contributed by atoms with Crippen molar-refractivity contribution in [3.8, 4) is 11.5 Å². The van der Waals surface area contributed by atoms with Crippen LogP contribution in [0.3, 0.4) is 0 Å². The van der Waals surface area contributed by atoms with E-state index in [2.05, 4.69) is 15.5 Å². The molecule has 2 saturated heterocycles. The van der Waals surface area contributed by atoms with Gasteiger partial charge >= 0.3 is 0 Å². The van der Waals surface area contributed by atoms with Crippen LogP contribution in [0, 0.1) is 5.41 Å². The van der Waals surface area contributed by atoms with E-state index in [4.69, 9.17) is 14.2 Å². The zero-order valence-corrected chi connectivity index (χ0v) is 24.7. The van der Waals surface area contributed by atoms with Gasteiger partial charge in [0, 0.05) is 38.4 Å². The maximum absolute atomic E-state index is 13.8. The monoisotopic (exact) mass is 578 g/mol. The smallest absolute Gasteiger partial charge is 0.257 e. The minimum Gasteiger partial charge on any atom is -0.496 e. The van der Waals surface area contributed by atoms with Crippen molar-refractivity contribution in [2.75, 3.05) is 64.6 Å². The molecule has 3 amide bonds. The summed E-state index contributed by atoms with van der Waals surface area (Å²) < 4.78 is 17.0. The second-order valence-electron chi connectivity index (χ2n) is 11.5. The Bertz CT molecular complexity index is 1270. The topological polar surface area (TPSA) is 109 Å². The van der Waals surface area contributed by atoms with Crippen molar-refractivity contribution in [1.82, 2.24) is 15.5 Å². The van der Waals surface area contributed by atoms with E-state index in [0.717, 1.165) is 31.6 Å². The number of morpholine rings is 1. The van der Waals surface area contributed by atoms with Crippen LogP contribution in [-0.4, -0.2) is 88.3 Å². The average Bonchev–Trinajstić information content (AvgIpc) is 3.03. The van der Waals surface area contributed by atoms with Gasteiger partial charge in [0.25, 0.3) is 11.8 Å². The molecule has 0 saturated carbocycles. The summed E-state index contributed by atoms with van der Waals surface area (Å²) in [4.78, 5) is 44.4. The Kier molecular flexibility index (Phi) is 9.51. The molecule has 0 radical (unpaired) electrons. The highest BCUT2D eigenvalue weighted by atomic mass is 16.5. The summed E-state index contributed by atoms with van der Waals surface area (Å²) >= 11 is 0. The first-order valence-corrected chi connectivity index (χ1v) is 15.0. The van der Waals surface area contributed by atoms with Crippen LogP contribution < -0.4 is 25.0 Å². The molecule has 2 aromatic carbocycles. The lowest BCUT2D eigenvalue weighted by atomic mass is 9.73. The molecular formula is C32H42N4O6. The Labute approximate surface area is 247 Å². The molecule has 2 aromatic rings. The van der Waals surface area contributed by atoms with Crippen molar-refractivity contribution in [2.24, 2.45) is 5.41 Å². The van der Waals surface area contributed by atoms with Gasteiger partial charge < -0.3 is 34.6 Å². The fourth-order valence-electron chi connectivity index (χ4n) is 6.08. The van der Waals surface area contributed by atoms with Crippen molar-refractivity contribution in [2.45, 2.75) is 45.1 Å². The van der Waals surface area contributed by atoms with E-state index in [9.17, 15) is 14.4 Å². The van der Waals surface area contributed by atoms with E-state index in [1.54, 1.807) is 19.2 Å². The van der Waals surface area contributed by atoms with Gasteiger partial charge in [-0.05, 0) is 62.9 Å². The van der Waals surface area contributed by atoms with Crippen molar-refractivity contribution in [3.63, 3.8) is 0 Å². The molecule has 2 N–H and O–H groups in total. The Morgan fingerprint density at radius 3 is 2.52 bits per heavy atom. The zero-order chi connectivity index (χ0) is 29.5. The largest absolute Gasteiger partial charge is 0.496 e. The molecule has 0 aliphatic carbocycles. The molecule has 3 aliphatic rings. The van der Waals surface area contributed by atoms with Crippen LogP contribution in [0.1, 0.15) is 59.7 Å². The summed E-state index contributed by atoms with van der Waals surface area (Å²) in [7, 11) is 1.58. The molecular weight excluding hydrogens is 536 g/mol. The zero-order valence-electron chi connectivity index (χ0n) is 24.7. The Hall–Kier alpha value is -3.79. The summed E-state index contributed by atoms with van der Waals surface area (Å²) in [5, 5.41) is 6.16. The number of hydrogen-bond acceptors (Lipinski definition) is 7. The third-order valence-corrected chi connectivity index (χ3v) is 8.64. The van der Waals surface area contributed by atoms with Crippen molar-refractivity contribution in [3.05, 3.63) is 53.6 Å². The Morgan fingerprint density at radius 2 is 1.76 bits per heavy atom. The number of nitrogens with zero attached hydrogens (tertiary/aromatic N) is 2. The van der Waals surface area contributed by atoms with Crippen LogP contribution in [-0.2, 0) is 9.53 Å². The number of fused-ring (bicyclic) bond motifs is 1. The minimum absolute atomic E-state index is 0.00646. The highest BCUT2D eigenvalue weighted by Crippen LogP contribution is 2.38. The summed E-state index contributed by atoms with van der Waals surface area (Å²) in [6.07, 6.45) is 3.38. The summed E-state index contributed by atoms with van der Waals surface area (Å²) in [6.45, 7) is 6.51. The predicted octanol–water partition coefficient (Wildman–Crippen LogP) is 3.25. The number of carbonyl (C=O) groups is 3. The van der Waals surface area contributed by atoms with Gasteiger partial charge in [0.2, 0.25) is 5.91 Å². The Balaban J connectivity index is 1.28. The van der Waals surface area contributed by atoms with Crippen molar-refractivity contribution >= 4 is 23.4 Å². The highest BCUT2D eigenvalue weighted by Gasteiger charge is 2.42. The molecule has 0 unspecified atom stereocenters. The summed E-state index contributed by atoms with van der Waals surface area (Å²) in [5.41, 5.74) is 1.42. The number of para-hydroxylation sites is 1. The third kappa shape index (κ3) is 6.64. The number of ether oxygens (including phenoxy) is 3. The number of methoxy groups -OCH3 is 1. The molecule has 10 heteroatoms. The molecule has 3 heterocycles. The number of nitrogens with one attached hydrogen (secondary N) is 2. The van der Waals surface area contributed by atoms with Gasteiger partial charge in [-0.25, -0.2) is 0 Å². The predicted molar refractivity (Wildman–Crippen MR) is 159 cm³/mol. The number of hydrogen-bond donors (Lipinski definition) is 2. The molecule has 2 fully saturated rings. The number of anilines is 1.